The fourth-order valence-electron chi connectivity index (χ4n) is 2.15. The SMILES string of the molecule is CCC(NC/C=C/c1ccccc1)c1ccccc1. The Kier molecular flexibility index (Phi) is 5.39. The summed E-state index contributed by atoms with van der Waals surface area (Å²) in [6, 6.07) is 21.4. The van der Waals surface area contributed by atoms with Gasteiger partial charge in [0.25, 0.3) is 0 Å². The van der Waals surface area contributed by atoms with E-state index in [4.69, 9.17) is 0 Å². The molecule has 1 unspecified atom stereocenters. The van der Waals surface area contributed by atoms with Gasteiger partial charge in [-0.2, -0.15) is 0 Å². The van der Waals surface area contributed by atoms with Crippen molar-refractivity contribution in [1.29, 1.82) is 0 Å². The maximum absolute atomic E-state index is 3.57. The molecule has 1 N–H and O–H groups in total. The van der Waals surface area contributed by atoms with Crippen LogP contribution in [0.2, 0.25) is 0 Å². The van der Waals surface area contributed by atoms with Crippen LogP contribution in [0.1, 0.15) is 30.5 Å². The largest absolute Gasteiger partial charge is 0.306 e. The zero-order valence-corrected chi connectivity index (χ0v) is 11.4. The molecule has 1 atom stereocenters. The standard InChI is InChI=1S/C18H21N/c1-2-18(17-13-7-4-8-14-17)19-15-9-12-16-10-5-3-6-11-16/h3-14,18-19H,2,15H2,1H3/b12-9+. The molecule has 0 saturated carbocycles. The summed E-state index contributed by atoms with van der Waals surface area (Å²) < 4.78 is 0. The van der Waals surface area contributed by atoms with E-state index >= 15 is 0 Å². The first-order valence-electron chi connectivity index (χ1n) is 6.90. The van der Waals surface area contributed by atoms with Crippen molar-refractivity contribution in [2.45, 2.75) is 19.4 Å². The highest BCUT2D eigenvalue weighted by Gasteiger charge is 2.05. The average molecular weight is 251 g/mol. The van der Waals surface area contributed by atoms with E-state index in [1.807, 2.05) is 6.07 Å². The summed E-state index contributed by atoms with van der Waals surface area (Å²) in [6.45, 7) is 3.11. The molecule has 0 saturated heterocycles. The third kappa shape index (κ3) is 4.38. The van der Waals surface area contributed by atoms with Crippen molar-refractivity contribution >= 4 is 6.08 Å². The Morgan fingerprint density at radius 2 is 1.58 bits per heavy atom. The summed E-state index contributed by atoms with van der Waals surface area (Å²) in [5, 5.41) is 3.57. The van der Waals surface area contributed by atoms with Crippen LogP contribution < -0.4 is 5.32 Å². The Labute approximate surface area is 116 Å². The first-order chi connectivity index (χ1) is 9.40. The highest BCUT2D eigenvalue weighted by molar-refractivity contribution is 5.48. The molecule has 0 spiro atoms. The monoisotopic (exact) mass is 251 g/mol. The lowest BCUT2D eigenvalue weighted by Gasteiger charge is -2.16. The third-order valence-corrected chi connectivity index (χ3v) is 3.20. The molecule has 0 bridgehead atoms. The van der Waals surface area contributed by atoms with E-state index in [0.717, 1.165) is 13.0 Å². The summed E-state index contributed by atoms with van der Waals surface area (Å²) in [5.74, 6) is 0. The first-order valence-corrected chi connectivity index (χ1v) is 6.90. The summed E-state index contributed by atoms with van der Waals surface area (Å²) in [5.41, 5.74) is 2.61. The molecule has 1 nitrogen and oxygen atoms in total. The van der Waals surface area contributed by atoms with Crippen LogP contribution in [0.15, 0.2) is 66.7 Å². The quantitative estimate of drug-likeness (QED) is 0.800. The molecule has 1 heteroatoms. The normalized spacial score (nSPS) is 12.7. The van der Waals surface area contributed by atoms with Crippen molar-refractivity contribution in [3.8, 4) is 0 Å². The van der Waals surface area contributed by atoms with Gasteiger partial charge in [0.1, 0.15) is 0 Å². The highest BCUT2D eigenvalue weighted by atomic mass is 14.9. The van der Waals surface area contributed by atoms with Gasteiger partial charge in [-0.1, -0.05) is 79.7 Å². The van der Waals surface area contributed by atoms with Gasteiger partial charge in [0.15, 0.2) is 0 Å². The van der Waals surface area contributed by atoms with Crippen LogP contribution in [0.5, 0.6) is 0 Å². The van der Waals surface area contributed by atoms with Crippen LogP contribution >= 0.6 is 0 Å². The molecule has 0 aliphatic heterocycles. The van der Waals surface area contributed by atoms with E-state index in [1.165, 1.54) is 11.1 Å². The molecule has 98 valence electrons. The van der Waals surface area contributed by atoms with Gasteiger partial charge < -0.3 is 5.32 Å². The van der Waals surface area contributed by atoms with Crippen LogP contribution in [0.25, 0.3) is 6.08 Å². The summed E-state index contributed by atoms with van der Waals surface area (Å²) in [7, 11) is 0. The molecule has 0 aromatic heterocycles. The molecule has 0 radical (unpaired) electrons. The van der Waals surface area contributed by atoms with E-state index in [0.29, 0.717) is 6.04 Å². The topological polar surface area (TPSA) is 12.0 Å². The second-order valence-corrected chi connectivity index (χ2v) is 4.59. The second-order valence-electron chi connectivity index (χ2n) is 4.59. The second kappa shape index (κ2) is 7.55. The van der Waals surface area contributed by atoms with Gasteiger partial charge >= 0.3 is 0 Å². The predicted molar refractivity (Wildman–Crippen MR) is 83.0 cm³/mol. The minimum Gasteiger partial charge on any atom is -0.306 e. The van der Waals surface area contributed by atoms with Crippen LogP contribution in [-0.2, 0) is 0 Å². The van der Waals surface area contributed by atoms with E-state index in [-0.39, 0.29) is 0 Å². The summed E-state index contributed by atoms with van der Waals surface area (Å²) in [6.07, 6.45) is 5.44. The lowest BCUT2D eigenvalue weighted by molar-refractivity contribution is 0.552. The van der Waals surface area contributed by atoms with Crippen LogP contribution in [0.3, 0.4) is 0 Å². The molecule has 2 aromatic carbocycles. The van der Waals surface area contributed by atoms with Crippen molar-refractivity contribution in [3.05, 3.63) is 77.9 Å². The predicted octanol–water partition coefficient (Wildman–Crippen LogP) is 4.44. The molecule has 2 rings (SSSR count). The lowest BCUT2D eigenvalue weighted by atomic mass is 10.0. The Balaban J connectivity index is 1.86. The molecular formula is C18H21N. The molecule has 0 aliphatic carbocycles. The van der Waals surface area contributed by atoms with Crippen LogP contribution in [-0.4, -0.2) is 6.54 Å². The Morgan fingerprint density at radius 3 is 2.21 bits per heavy atom. The van der Waals surface area contributed by atoms with Gasteiger partial charge in [-0.05, 0) is 17.5 Å². The van der Waals surface area contributed by atoms with Crippen LogP contribution in [0, 0.1) is 0 Å². The molecule has 0 heterocycles. The molecule has 0 aliphatic rings. The zero-order chi connectivity index (χ0) is 13.3. The van der Waals surface area contributed by atoms with Crippen molar-refractivity contribution < 1.29 is 0 Å². The zero-order valence-electron chi connectivity index (χ0n) is 11.4. The summed E-state index contributed by atoms with van der Waals surface area (Å²) in [4.78, 5) is 0. The molecule has 19 heavy (non-hydrogen) atoms. The Bertz CT molecular complexity index is 488. The smallest absolute Gasteiger partial charge is 0.0320 e. The van der Waals surface area contributed by atoms with Gasteiger partial charge in [-0.3, -0.25) is 0 Å². The molecule has 0 fully saturated rings. The van der Waals surface area contributed by atoms with E-state index in [2.05, 4.69) is 79.0 Å². The van der Waals surface area contributed by atoms with Crippen molar-refractivity contribution in [3.63, 3.8) is 0 Å². The number of hydrogen-bond acceptors (Lipinski definition) is 1. The fourth-order valence-corrected chi connectivity index (χ4v) is 2.15. The lowest BCUT2D eigenvalue weighted by Crippen LogP contribution is -2.20. The fraction of sp³-hybridized carbons (Fsp3) is 0.222. The van der Waals surface area contributed by atoms with E-state index in [9.17, 15) is 0 Å². The van der Waals surface area contributed by atoms with Gasteiger partial charge in [-0.15, -0.1) is 0 Å². The van der Waals surface area contributed by atoms with Gasteiger partial charge in [0, 0.05) is 12.6 Å². The number of benzene rings is 2. The van der Waals surface area contributed by atoms with E-state index < -0.39 is 0 Å². The molecule has 2 aromatic rings. The first kappa shape index (κ1) is 13.6. The minimum absolute atomic E-state index is 0.432. The number of nitrogens with one attached hydrogen (secondary N) is 1. The van der Waals surface area contributed by atoms with Crippen LogP contribution in [0.4, 0.5) is 0 Å². The highest BCUT2D eigenvalue weighted by Crippen LogP contribution is 2.15. The molecule has 0 amide bonds. The maximum Gasteiger partial charge on any atom is 0.0320 e. The van der Waals surface area contributed by atoms with Crippen molar-refractivity contribution in [2.24, 2.45) is 0 Å². The van der Waals surface area contributed by atoms with Gasteiger partial charge in [-0.25, -0.2) is 0 Å². The minimum atomic E-state index is 0.432. The number of hydrogen-bond donors (Lipinski definition) is 1. The van der Waals surface area contributed by atoms with Gasteiger partial charge in [0.05, 0.1) is 0 Å². The van der Waals surface area contributed by atoms with Crippen molar-refractivity contribution in [1.82, 2.24) is 5.32 Å². The average Bonchev–Trinajstić information content (AvgIpc) is 2.49. The van der Waals surface area contributed by atoms with E-state index in [1.54, 1.807) is 0 Å². The molecular weight excluding hydrogens is 230 g/mol. The van der Waals surface area contributed by atoms with Crippen molar-refractivity contribution in [2.75, 3.05) is 6.54 Å². The third-order valence-electron chi connectivity index (χ3n) is 3.20. The Hall–Kier alpha value is -1.86. The number of rotatable bonds is 6. The van der Waals surface area contributed by atoms with Gasteiger partial charge in [0.2, 0.25) is 0 Å². The maximum atomic E-state index is 3.57. The summed E-state index contributed by atoms with van der Waals surface area (Å²) >= 11 is 0. The Morgan fingerprint density at radius 1 is 0.947 bits per heavy atom.